The lowest BCUT2D eigenvalue weighted by atomic mass is 9.79. The summed E-state index contributed by atoms with van der Waals surface area (Å²) in [6, 6.07) is 17.7. The van der Waals surface area contributed by atoms with Crippen LogP contribution in [0.2, 0.25) is 0 Å². The summed E-state index contributed by atoms with van der Waals surface area (Å²) in [6.45, 7) is 16.0. The van der Waals surface area contributed by atoms with Gasteiger partial charge in [0, 0.05) is 49.0 Å². The highest BCUT2D eigenvalue weighted by Gasteiger charge is 2.51. The second-order valence-electron chi connectivity index (χ2n) is 13.1. The van der Waals surface area contributed by atoms with Gasteiger partial charge in [-0.15, -0.1) is 13.2 Å². The van der Waals surface area contributed by atoms with Gasteiger partial charge in [0.25, 0.3) is 0 Å². The van der Waals surface area contributed by atoms with E-state index in [9.17, 15) is 14.4 Å². The predicted octanol–water partition coefficient (Wildman–Crippen LogP) is 5.30. The van der Waals surface area contributed by atoms with Gasteiger partial charge in [0.2, 0.25) is 17.7 Å². The average Bonchev–Trinajstić information content (AvgIpc) is 3.52. The predicted molar refractivity (Wildman–Crippen MR) is 179 cm³/mol. The fourth-order valence-electron chi connectivity index (χ4n) is 6.45. The van der Waals surface area contributed by atoms with Gasteiger partial charge in [-0.1, -0.05) is 69.3 Å². The molecule has 2 aliphatic rings. The fraction of sp³-hybridized carbons (Fsp3) is 0.351. The second-order valence-corrected chi connectivity index (χ2v) is 13.1. The normalized spacial score (nSPS) is 16.7. The van der Waals surface area contributed by atoms with Crippen LogP contribution in [-0.2, 0) is 45.6 Å². The van der Waals surface area contributed by atoms with Crippen LogP contribution in [0, 0.1) is 5.41 Å². The Morgan fingerprint density at radius 1 is 1.00 bits per heavy atom. The Morgan fingerprint density at radius 2 is 1.71 bits per heavy atom. The molecule has 3 amide bonds. The number of aromatic nitrogens is 1. The van der Waals surface area contributed by atoms with Crippen LogP contribution < -0.4 is 10.6 Å². The number of pyridine rings is 1. The third kappa shape index (κ3) is 6.91. The van der Waals surface area contributed by atoms with Crippen LogP contribution in [0.3, 0.4) is 0 Å². The van der Waals surface area contributed by atoms with Gasteiger partial charge in [0.05, 0.1) is 5.41 Å². The number of nitrogens with one attached hydrogen (secondary N) is 2. The lowest BCUT2D eigenvalue weighted by Gasteiger charge is -2.30. The summed E-state index contributed by atoms with van der Waals surface area (Å²) < 4.78 is 0. The molecule has 8 heteroatoms. The number of rotatable bonds is 12. The zero-order chi connectivity index (χ0) is 32.2. The van der Waals surface area contributed by atoms with Crippen molar-refractivity contribution < 1.29 is 14.4 Å². The van der Waals surface area contributed by atoms with Crippen molar-refractivity contribution >= 4 is 29.2 Å². The molecule has 0 radical (unpaired) electrons. The van der Waals surface area contributed by atoms with Gasteiger partial charge in [-0.3, -0.25) is 19.3 Å². The first-order chi connectivity index (χ1) is 21.5. The van der Waals surface area contributed by atoms with Gasteiger partial charge in [-0.05, 0) is 59.7 Å². The molecule has 0 saturated carbocycles. The maximum atomic E-state index is 13.6. The molecular weight excluding hydrogens is 562 g/mol. The molecule has 2 N–H and O–H groups in total. The first-order valence-electron chi connectivity index (χ1n) is 15.5. The molecule has 0 saturated heterocycles. The van der Waals surface area contributed by atoms with Gasteiger partial charge in [-0.25, -0.2) is 4.98 Å². The molecule has 1 atom stereocenters. The molecule has 1 aromatic heterocycles. The molecule has 3 aromatic rings. The summed E-state index contributed by atoms with van der Waals surface area (Å²) in [5, 5.41) is 5.95. The van der Waals surface area contributed by atoms with E-state index in [1.165, 1.54) is 0 Å². The van der Waals surface area contributed by atoms with Crippen molar-refractivity contribution in [3.63, 3.8) is 0 Å². The topological polar surface area (TPSA) is 94.6 Å². The van der Waals surface area contributed by atoms with Crippen LogP contribution in [0.4, 0.5) is 11.5 Å². The molecule has 0 fully saturated rings. The molecule has 45 heavy (non-hydrogen) atoms. The number of hydrogen-bond donors (Lipinski definition) is 2. The number of amides is 3. The van der Waals surface area contributed by atoms with E-state index in [4.69, 9.17) is 0 Å². The summed E-state index contributed by atoms with van der Waals surface area (Å²) >= 11 is 0. The van der Waals surface area contributed by atoms with Gasteiger partial charge in [0.15, 0.2) is 0 Å². The van der Waals surface area contributed by atoms with Crippen molar-refractivity contribution in [1.82, 2.24) is 14.8 Å². The van der Waals surface area contributed by atoms with Crippen LogP contribution in [0.1, 0.15) is 48.6 Å². The lowest BCUT2D eigenvalue weighted by Crippen LogP contribution is -2.43. The van der Waals surface area contributed by atoms with E-state index in [0.29, 0.717) is 30.9 Å². The molecule has 1 unspecified atom stereocenters. The quantitative estimate of drug-likeness (QED) is 0.273. The fourth-order valence-corrected chi connectivity index (χ4v) is 6.45. The number of fused-ring (bicyclic) bond motifs is 3. The van der Waals surface area contributed by atoms with Crippen LogP contribution >= 0.6 is 0 Å². The van der Waals surface area contributed by atoms with Crippen molar-refractivity contribution in [2.24, 2.45) is 5.41 Å². The summed E-state index contributed by atoms with van der Waals surface area (Å²) in [4.78, 5) is 48.4. The molecule has 0 bridgehead atoms. The van der Waals surface area contributed by atoms with Crippen LogP contribution in [0.15, 0.2) is 86.1 Å². The minimum Gasteiger partial charge on any atom is -0.329 e. The Balaban J connectivity index is 1.30. The largest absolute Gasteiger partial charge is 0.329 e. The summed E-state index contributed by atoms with van der Waals surface area (Å²) in [5.74, 6) is 0.223. The third-order valence-corrected chi connectivity index (χ3v) is 8.68. The molecule has 2 aromatic carbocycles. The van der Waals surface area contributed by atoms with E-state index in [1.54, 1.807) is 11.1 Å². The van der Waals surface area contributed by atoms with E-state index in [-0.39, 0.29) is 24.3 Å². The van der Waals surface area contributed by atoms with Gasteiger partial charge >= 0.3 is 0 Å². The SMILES string of the molecule is C=CCN(CC=C)CCc1ccccc1CN(CC(=O)Nc1ccc2c(c1)CC1(C2)C(=O)Nc2ncccc21)C(=O)C(C)(C)C. The number of anilines is 2. The standard InChI is InChI=1S/C37H43N5O3/c1-6-18-41(19-7-2)20-16-26-11-8-9-12-28(26)24-42(35(45)36(3,4)5)25-32(43)39-30-15-14-27-22-37(23-29(27)21-30)31-13-10-17-38-33(31)40-34(37)44/h6-15,17,21H,1-2,16,18-20,22-25H2,3-5H3,(H,39,43)(H,38,40,44). The Kier molecular flexibility index (Phi) is 9.34. The van der Waals surface area contributed by atoms with Crippen molar-refractivity contribution in [2.45, 2.75) is 52.0 Å². The highest BCUT2D eigenvalue weighted by molar-refractivity contribution is 6.06. The molecule has 2 heterocycles. The minimum absolute atomic E-state index is 0.0382. The smallest absolute Gasteiger partial charge is 0.244 e. The molecule has 234 valence electrons. The van der Waals surface area contributed by atoms with Gasteiger partial charge in [0.1, 0.15) is 12.4 Å². The van der Waals surface area contributed by atoms with E-state index in [1.807, 2.05) is 81.5 Å². The number of carbonyl (C=O) groups excluding carboxylic acids is 3. The summed E-state index contributed by atoms with van der Waals surface area (Å²) in [5.41, 5.74) is 4.51. The van der Waals surface area contributed by atoms with E-state index < -0.39 is 10.8 Å². The highest BCUT2D eigenvalue weighted by atomic mass is 16.2. The first kappa shape index (κ1) is 31.9. The van der Waals surface area contributed by atoms with Crippen molar-refractivity contribution in [3.05, 3.63) is 114 Å². The maximum Gasteiger partial charge on any atom is 0.244 e. The molecule has 1 aliphatic carbocycles. The summed E-state index contributed by atoms with van der Waals surface area (Å²) in [6.07, 6.45) is 7.39. The van der Waals surface area contributed by atoms with E-state index >= 15 is 0 Å². The zero-order valence-electron chi connectivity index (χ0n) is 26.6. The van der Waals surface area contributed by atoms with Gasteiger partial charge in [-0.2, -0.15) is 0 Å². The van der Waals surface area contributed by atoms with Crippen LogP contribution in [0.5, 0.6) is 0 Å². The molecule has 5 rings (SSSR count). The second kappa shape index (κ2) is 13.2. The Labute approximate surface area is 266 Å². The highest BCUT2D eigenvalue weighted by Crippen LogP contribution is 2.46. The third-order valence-electron chi connectivity index (χ3n) is 8.68. The van der Waals surface area contributed by atoms with Crippen LogP contribution in [-0.4, -0.2) is 58.7 Å². The van der Waals surface area contributed by atoms with Crippen molar-refractivity contribution in [1.29, 1.82) is 0 Å². The monoisotopic (exact) mass is 605 g/mol. The Bertz CT molecular complexity index is 1610. The lowest BCUT2D eigenvalue weighted by molar-refractivity contribution is -0.142. The van der Waals surface area contributed by atoms with Crippen molar-refractivity contribution in [3.8, 4) is 0 Å². The van der Waals surface area contributed by atoms with Gasteiger partial charge < -0.3 is 15.5 Å². The zero-order valence-corrected chi connectivity index (χ0v) is 26.6. The number of benzene rings is 2. The first-order valence-corrected chi connectivity index (χ1v) is 15.5. The Hall–Kier alpha value is -4.56. The Morgan fingerprint density at radius 3 is 2.42 bits per heavy atom. The summed E-state index contributed by atoms with van der Waals surface area (Å²) in [7, 11) is 0. The van der Waals surface area contributed by atoms with Crippen LogP contribution in [0.25, 0.3) is 0 Å². The number of carbonyl (C=O) groups is 3. The average molecular weight is 606 g/mol. The van der Waals surface area contributed by atoms with E-state index in [0.717, 1.165) is 53.9 Å². The molecule has 1 aliphatic heterocycles. The number of nitrogens with zero attached hydrogens (tertiary/aromatic N) is 3. The van der Waals surface area contributed by atoms with Crippen molar-refractivity contribution in [2.75, 3.05) is 36.8 Å². The molecule has 8 nitrogen and oxygen atoms in total. The number of hydrogen-bond acceptors (Lipinski definition) is 5. The molecule has 1 spiro atoms. The molecular formula is C37H43N5O3. The minimum atomic E-state index is -0.674. The maximum absolute atomic E-state index is 13.6. The van der Waals surface area contributed by atoms with E-state index in [2.05, 4.69) is 39.7 Å².